The third kappa shape index (κ3) is 2.23. The second-order valence-corrected chi connectivity index (χ2v) is 3.66. The lowest BCUT2D eigenvalue weighted by Gasteiger charge is -2.31. The molecule has 0 aliphatic carbocycles. The maximum atomic E-state index is 11.6. The van der Waals surface area contributed by atoms with Crippen LogP contribution in [0.1, 0.15) is 11.7 Å². The van der Waals surface area contributed by atoms with Crippen molar-refractivity contribution in [1.82, 2.24) is 5.32 Å². The SMILES string of the molecule is COC(=O)[C@@H]1NCCO[C@H]1c1ccccc1. The van der Waals surface area contributed by atoms with Crippen LogP contribution in [0.4, 0.5) is 0 Å². The fourth-order valence-corrected chi connectivity index (χ4v) is 1.87. The molecule has 16 heavy (non-hydrogen) atoms. The molecule has 1 heterocycles. The highest BCUT2D eigenvalue weighted by molar-refractivity contribution is 5.76. The summed E-state index contributed by atoms with van der Waals surface area (Å²) in [6, 6.07) is 9.29. The van der Waals surface area contributed by atoms with Crippen molar-refractivity contribution < 1.29 is 14.3 Å². The summed E-state index contributed by atoms with van der Waals surface area (Å²) in [6.45, 7) is 1.27. The molecule has 1 aliphatic rings. The van der Waals surface area contributed by atoms with E-state index in [2.05, 4.69) is 5.32 Å². The van der Waals surface area contributed by atoms with Crippen LogP contribution in [-0.4, -0.2) is 32.3 Å². The highest BCUT2D eigenvalue weighted by atomic mass is 16.5. The van der Waals surface area contributed by atoms with E-state index in [-0.39, 0.29) is 12.1 Å². The first-order chi connectivity index (χ1) is 7.83. The number of methoxy groups -OCH3 is 1. The topological polar surface area (TPSA) is 47.6 Å². The maximum Gasteiger partial charge on any atom is 0.325 e. The monoisotopic (exact) mass is 221 g/mol. The molecule has 0 saturated carbocycles. The van der Waals surface area contributed by atoms with Gasteiger partial charge in [0.15, 0.2) is 0 Å². The summed E-state index contributed by atoms with van der Waals surface area (Å²) in [7, 11) is 1.39. The zero-order chi connectivity index (χ0) is 11.4. The van der Waals surface area contributed by atoms with Crippen LogP contribution in [0.15, 0.2) is 30.3 Å². The molecule has 2 rings (SSSR count). The Labute approximate surface area is 94.6 Å². The van der Waals surface area contributed by atoms with Gasteiger partial charge in [0, 0.05) is 6.54 Å². The van der Waals surface area contributed by atoms with E-state index in [1.54, 1.807) is 0 Å². The number of carbonyl (C=O) groups excluding carboxylic acids is 1. The lowest BCUT2D eigenvalue weighted by molar-refractivity contribution is -0.150. The number of ether oxygens (including phenoxy) is 2. The van der Waals surface area contributed by atoms with Crippen LogP contribution in [0.5, 0.6) is 0 Å². The van der Waals surface area contributed by atoms with E-state index >= 15 is 0 Å². The number of hydrogen-bond acceptors (Lipinski definition) is 4. The molecule has 0 aromatic heterocycles. The minimum atomic E-state index is -0.416. The molecule has 0 amide bonds. The van der Waals surface area contributed by atoms with Crippen LogP contribution >= 0.6 is 0 Å². The van der Waals surface area contributed by atoms with E-state index < -0.39 is 6.04 Å². The zero-order valence-corrected chi connectivity index (χ0v) is 9.18. The van der Waals surface area contributed by atoms with E-state index in [0.29, 0.717) is 13.2 Å². The van der Waals surface area contributed by atoms with Crippen LogP contribution in [-0.2, 0) is 14.3 Å². The van der Waals surface area contributed by atoms with E-state index in [4.69, 9.17) is 9.47 Å². The first kappa shape index (κ1) is 11.1. The van der Waals surface area contributed by atoms with Gasteiger partial charge < -0.3 is 9.47 Å². The average molecular weight is 221 g/mol. The van der Waals surface area contributed by atoms with Crippen molar-refractivity contribution in [1.29, 1.82) is 0 Å². The number of carbonyl (C=O) groups is 1. The smallest absolute Gasteiger partial charge is 0.325 e. The molecule has 0 unspecified atom stereocenters. The molecule has 1 saturated heterocycles. The van der Waals surface area contributed by atoms with Crippen molar-refractivity contribution in [3.05, 3.63) is 35.9 Å². The number of benzene rings is 1. The quantitative estimate of drug-likeness (QED) is 0.753. The molecule has 4 nitrogen and oxygen atoms in total. The van der Waals surface area contributed by atoms with Crippen molar-refractivity contribution in [3.8, 4) is 0 Å². The summed E-state index contributed by atoms with van der Waals surface area (Å²) < 4.78 is 10.4. The minimum Gasteiger partial charge on any atom is -0.468 e. The summed E-state index contributed by atoms with van der Waals surface area (Å²) in [4.78, 5) is 11.6. The van der Waals surface area contributed by atoms with Gasteiger partial charge >= 0.3 is 5.97 Å². The Morgan fingerprint density at radius 1 is 1.44 bits per heavy atom. The Balaban J connectivity index is 2.20. The molecule has 0 radical (unpaired) electrons. The van der Waals surface area contributed by atoms with Gasteiger partial charge in [0.25, 0.3) is 0 Å². The third-order valence-electron chi connectivity index (χ3n) is 2.65. The first-order valence-electron chi connectivity index (χ1n) is 5.30. The molecular weight excluding hydrogens is 206 g/mol. The van der Waals surface area contributed by atoms with Crippen molar-refractivity contribution >= 4 is 5.97 Å². The van der Waals surface area contributed by atoms with Gasteiger partial charge in [-0.1, -0.05) is 30.3 Å². The van der Waals surface area contributed by atoms with E-state index in [1.165, 1.54) is 7.11 Å². The largest absolute Gasteiger partial charge is 0.468 e. The lowest BCUT2D eigenvalue weighted by Crippen LogP contribution is -2.48. The molecule has 4 heteroatoms. The van der Waals surface area contributed by atoms with Crippen molar-refractivity contribution in [2.75, 3.05) is 20.3 Å². The number of esters is 1. The molecule has 1 fully saturated rings. The Kier molecular flexibility index (Phi) is 3.54. The van der Waals surface area contributed by atoms with Gasteiger partial charge in [0.2, 0.25) is 0 Å². The van der Waals surface area contributed by atoms with Gasteiger partial charge in [-0.05, 0) is 5.56 Å². The average Bonchev–Trinajstić information content (AvgIpc) is 2.39. The van der Waals surface area contributed by atoms with Crippen LogP contribution in [0.2, 0.25) is 0 Å². The van der Waals surface area contributed by atoms with Crippen molar-refractivity contribution in [3.63, 3.8) is 0 Å². The molecule has 0 bridgehead atoms. The standard InChI is InChI=1S/C12H15NO3/c1-15-12(14)10-11(16-8-7-13-10)9-5-3-2-4-6-9/h2-6,10-11,13H,7-8H2,1H3/t10-,11+/m1/s1. The van der Waals surface area contributed by atoms with Crippen LogP contribution in [0, 0.1) is 0 Å². The van der Waals surface area contributed by atoms with Gasteiger partial charge in [0.05, 0.1) is 13.7 Å². The molecule has 1 aromatic carbocycles. The van der Waals surface area contributed by atoms with Crippen LogP contribution in [0.3, 0.4) is 0 Å². The summed E-state index contributed by atoms with van der Waals surface area (Å²) in [5, 5.41) is 3.12. The van der Waals surface area contributed by atoms with Crippen LogP contribution < -0.4 is 5.32 Å². The normalized spacial score (nSPS) is 25.1. The second kappa shape index (κ2) is 5.09. The molecule has 1 aliphatic heterocycles. The highest BCUT2D eigenvalue weighted by Gasteiger charge is 2.33. The Morgan fingerprint density at radius 2 is 2.19 bits per heavy atom. The number of nitrogens with one attached hydrogen (secondary N) is 1. The Hall–Kier alpha value is -1.39. The van der Waals surface area contributed by atoms with E-state index in [9.17, 15) is 4.79 Å². The summed E-state index contributed by atoms with van der Waals surface area (Å²) in [5.74, 6) is -0.284. The predicted octanol–water partition coefficient (Wildman–Crippen LogP) is 0.889. The Bertz CT molecular complexity index is 353. The zero-order valence-electron chi connectivity index (χ0n) is 9.18. The minimum absolute atomic E-state index is 0.262. The molecular formula is C12H15NO3. The summed E-state index contributed by atoms with van der Waals surface area (Å²) >= 11 is 0. The number of rotatable bonds is 2. The molecule has 1 aromatic rings. The fourth-order valence-electron chi connectivity index (χ4n) is 1.87. The lowest BCUT2D eigenvalue weighted by atomic mass is 10.0. The number of morpholine rings is 1. The third-order valence-corrected chi connectivity index (χ3v) is 2.65. The molecule has 0 spiro atoms. The summed E-state index contributed by atoms with van der Waals surface area (Å²) in [5.41, 5.74) is 0.991. The first-order valence-corrected chi connectivity index (χ1v) is 5.30. The van der Waals surface area contributed by atoms with E-state index in [0.717, 1.165) is 5.56 Å². The second-order valence-electron chi connectivity index (χ2n) is 3.66. The maximum absolute atomic E-state index is 11.6. The molecule has 2 atom stereocenters. The highest BCUT2D eigenvalue weighted by Crippen LogP contribution is 2.24. The van der Waals surface area contributed by atoms with Crippen molar-refractivity contribution in [2.45, 2.75) is 12.1 Å². The van der Waals surface area contributed by atoms with Gasteiger partial charge in [0.1, 0.15) is 12.1 Å². The van der Waals surface area contributed by atoms with Crippen molar-refractivity contribution in [2.24, 2.45) is 0 Å². The predicted molar refractivity (Wildman–Crippen MR) is 58.9 cm³/mol. The van der Waals surface area contributed by atoms with Gasteiger partial charge in [-0.25, -0.2) is 0 Å². The van der Waals surface area contributed by atoms with Gasteiger partial charge in [-0.3, -0.25) is 10.1 Å². The van der Waals surface area contributed by atoms with Gasteiger partial charge in [-0.15, -0.1) is 0 Å². The summed E-state index contributed by atoms with van der Waals surface area (Å²) in [6.07, 6.45) is -0.262. The Morgan fingerprint density at radius 3 is 2.88 bits per heavy atom. The molecule has 1 N–H and O–H groups in total. The van der Waals surface area contributed by atoms with Gasteiger partial charge in [-0.2, -0.15) is 0 Å². The van der Waals surface area contributed by atoms with E-state index in [1.807, 2.05) is 30.3 Å². The fraction of sp³-hybridized carbons (Fsp3) is 0.417. The number of hydrogen-bond donors (Lipinski definition) is 1. The van der Waals surface area contributed by atoms with Crippen LogP contribution in [0.25, 0.3) is 0 Å². The molecule has 86 valence electrons.